The number of fused-ring (bicyclic) bond motifs is 1. The summed E-state index contributed by atoms with van der Waals surface area (Å²) in [5.41, 5.74) is 1.77. The second-order valence-electron chi connectivity index (χ2n) is 7.75. The molecule has 158 valence electrons. The number of ether oxygens (including phenoxy) is 1. The summed E-state index contributed by atoms with van der Waals surface area (Å²) in [6.07, 6.45) is 2.63. The van der Waals surface area contributed by atoms with E-state index in [2.05, 4.69) is 5.32 Å². The van der Waals surface area contributed by atoms with Crippen LogP contribution >= 0.6 is 11.6 Å². The van der Waals surface area contributed by atoms with Crippen LogP contribution in [0.25, 0.3) is 0 Å². The van der Waals surface area contributed by atoms with Gasteiger partial charge in [0.15, 0.2) is 6.10 Å². The van der Waals surface area contributed by atoms with Crippen molar-refractivity contribution in [1.29, 1.82) is 0 Å². The summed E-state index contributed by atoms with van der Waals surface area (Å²) >= 11 is 6.01. The van der Waals surface area contributed by atoms with Crippen molar-refractivity contribution in [2.45, 2.75) is 31.9 Å². The van der Waals surface area contributed by atoms with Crippen LogP contribution < -0.4 is 15.0 Å². The van der Waals surface area contributed by atoms with Crippen LogP contribution in [0, 0.1) is 0 Å². The number of nitrogens with one attached hydrogen (secondary N) is 1. The van der Waals surface area contributed by atoms with Crippen LogP contribution in [0.15, 0.2) is 48.5 Å². The molecule has 2 heterocycles. The number of hydrogen-bond acceptors (Lipinski definition) is 4. The zero-order valence-electron chi connectivity index (χ0n) is 16.9. The molecule has 2 aliphatic heterocycles. The van der Waals surface area contributed by atoms with E-state index in [9.17, 15) is 9.59 Å². The van der Waals surface area contributed by atoms with Gasteiger partial charge in [-0.3, -0.25) is 9.59 Å². The Morgan fingerprint density at radius 2 is 1.87 bits per heavy atom. The molecule has 1 N–H and O–H groups in total. The van der Waals surface area contributed by atoms with Crippen molar-refractivity contribution < 1.29 is 14.3 Å². The van der Waals surface area contributed by atoms with Gasteiger partial charge in [0.2, 0.25) is 5.91 Å². The smallest absolute Gasteiger partial charge is 0.265 e. The third-order valence-electron chi connectivity index (χ3n) is 5.52. The third kappa shape index (κ3) is 4.87. The lowest BCUT2D eigenvalue weighted by Crippen LogP contribution is -2.53. The van der Waals surface area contributed by atoms with E-state index in [0.29, 0.717) is 23.9 Å². The number of piperidine rings is 1. The maximum Gasteiger partial charge on any atom is 0.265 e. The summed E-state index contributed by atoms with van der Waals surface area (Å²) in [7, 11) is 0. The Morgan fingerprint density at radius 3 is 2.67 bits per heavy atom. The van der Waals surface area contributed by atoms with Crippen molar-refractivity contribution in [2.24, 2.45) is 0 Å². The second-order valence-corrected chi connectivity index (χ2v) is 8.18. The van der Waals surface area contributed by atoms with Crippen LogP contribution in [0.5, 0.6) is 5.75 Å². The molecule has 2 amide bonds. The number of carbonyl (C=O) groups excluding carboxylic acids is 2. The largest absolute Gasteiger partial charge is 0.477 e. The number of amides is 2. The molecule has 0 aliphatic carbocycles. The summed E-state index contributed by atoms with van der Waals surface area (Å²) in [5, 5.41) is 3.58. The number of para-hydroxylation sites is 2. The van der Waals surface area contributed by atoms with Gasteiger partial charge in [0.1, 0.15) is 5.75 Å². The summed E-state index contributed by atoms with van der Waals surface area (Å²) in [4.78, 5) is 29.5. The lowest BCUT2D eigenvalue weighted by atomic mass is 10.1. The van der Waals surface area contributed by atoms with Gasteiger partial charge in [0.05, 0.1) is 18.8 Å². The minimum absolute atomic E-state index is 0.00791. The predicted molar refractivity (Wildman–Crippen MR) is 117 cm³/mol. The Kier molecular flexibility index (Phi) is 6.43. The zero-order valence-corrected chi connectivity index (χ0v) is 17.6. The van der Waals surface area contributed by atoms with Crippen LogP contribution in [0.3, 0.4) is 0 Å². The molecule has 0 aromatic heterocycles. The molecule has 0 spiro atoms. The van der Waals surface area contributed by atoms with Gasteiger partial charge in [-0.2, -0.15) is 0 Å². The standard InChI is InChI=1S/C23H26ClN3O3/c24-18-8-6-7-17(13-18)14-25-22(28)16-27-15-21(23(29)26-11-4-1-5-12-26)30-20-10-3-2-9-19(20)27/h2-3,6-10,13,21H,1,4-5,11-12,14-16H2,(H,25,28). The highest BCUT2D eigenvalue weighted by Gasteiger charge is 2.34. The molecule has 1 atom stereocenters. The fourth-order valence-electron chi connectivity index (χ4n) is 3.98. The molecule has 30 heavy (non-hydrogen) atoms. The minimum Gasteiger partial charge on any atom is -0.477 e. The highest BCUT2D eigenvalue weighted by atomic mass is 35.5. The lowest BCUT2D eigenvalue weighted by Gasteiger charge is -2.38. The van der Waals surface area contributed by atoms with Crippen molar-refractivity contribution in [1.82, 2.24) is 10.2 Å². The van der Waals surface area contributed by atoms with Gasteiger partial charge in [-0.15, -0.1) is 0 Å². The molecule has 2 aromatic carbocycles. The number of anilines is 1. The van der Waals surface area contributed by atoms with Crippen LogP contribution in [-0.2, 0) is 16.1 Å². The van der Waals surface area contributed by atoms with Crippen LogP contribution in [0.1, 0.15) is 24.8 Å². The summed E-state index contributed by atoms with van der Waals surface area (Å²) in [5.74, 6) is 0.533. The number of benzene rings is 2. The summed E-state index contributed by atoms with van der Waals surface area (Å²) < 4.78 is 6.02. The maximum atomic E-state index is 13.0. The van der Waals surface area contributed by atoms with Gasteiger partial charge >= 0.3 is 0 Å². The van der Waals surface area contributed by atoms with Crippen molar-refractivity contribution in [3.05, 3.63) is 59.1 Å². The molecular weight excluding hydrogens is 402 g/mol. The number of hydrogen-bond donors (Lipinski definition) is 1. The quantitative estimate of drug-likeness (QED) is 0.795. The number of likely N-dealkylation sites (tertiary alicyclic amines) is 1. The molecule has 0 bridgehead atoms. The number of rotatable bonds is 5. The molecule has 7 heteroatoms. The van der Waals surface area contributed by atoms with Crippen LogP contribution in [0.2, 0.25) is 5.02 Å². The molecule has 2 aliphatic rings. The molecular formula is C23H26ClN3O3. The molecule has 1 fully saturated rings. The van der Waals surface area contributed by atoms with E-state index in [-0.39, 0.29) is 18.4 Å². The predicted octanol–water partition coefficient (Wildman–Crippen LogP) is 3.24. The Bertz CT molecular complexity index is 914. The van der Waals surface area contributed by atoms with Gasteiger partial charge in [0.25, 0.3) is 5.91 Å². The van der Waals surface area contributed by atoms with Gasteiger partial charge in [-0.25, -0.2) is 0 Å². The van der Waals surface area contributed by atoms with Gasteiger partial charge in [0, 0.05) is 24.7 Å². The fourth-order valence-corrected chi connectivity index (χ4v) is 4.19. The molecule has 6 nitrogen and oxygen atoms in total. The Hall–Kier alpha value is -2.73. The first kappa shape index (κ1) is 20.5. The van der Waals surface area contributed by atoms with Crippen LogP contribution in [0.4, 0.5) is 5.69 Å². The second kappa shape index (κ2) is 9.39. The van der Waals surface area contributed by atoms with E-state index in [1.54, 1.807) is 6.07 Å². The first-order chi connectivity index (χ1) is 14.6. The summed E-state index contributed by atoms with van der Waals surface area (Å²) in [6.45, 7) is 2.48. The van der Waals surface area contributed by atoms with E-state index < -0.39 is 6.10 Å². The molecule has 4 rings (SSSR count). The fraction of sp³-hybridized carbons (Fsp3) is 0.391. The summed E-state index contributed by atoms with van der Waals surface area (Å²) in [6, 6.07) is 15.0. The Balaban J connectivity index is 1.43. The van der Waals surface area contributed by atoms with Crippen molar-refractivity contribution in [3.63, 3.8) is 0 Å². The SMILES string of the molecule is O=C(CN1CC(C(=O)N2CCCCC2)Oc2ccccc21)NCc1cccc(Cl)c1. The topological polar surface area (TPSA) is 61.9 Å². The molecule has 1 unspecified atom stereocenters. The van der Waals surface area contributed by atoms with Crippen molar-refractivity contribution in [3.8, 4) is 5.75 Å². The number of halogens is 1. The Labute approximate surface area is 181 Å². The first-order valence-corrected chi connectivity index (χ1v) is 10.8. The number of nitrogens with zero attached hydrogens (tertiary/aromatic N) is 2. The molecule has 0 radical (unpaired) electrons. The average Bonchev–Trinajstić information content (AvgIpc) is 2.78. The first-order valence-electron chi connectivity index (χ1n) is 10.4. The van der Waals surface area contributed by atoms with Crippen molar-refractivity contribution in [2.75, 3.05) is 31.1 Å². The molecule has 2 aromatic rings. The molecule has 0 saturated carbocycles. The lowest BCUT2D eigenvalue weighted by molar-refractivity contribution is -0.139. The highest BCUT2D eigenvalue weighted by molar-refractivity contribution is 6.30. The Morgan fingerprint density at radius 1 is 1.07 bits per heavy atom. The zero-order chi connectivity index (χ0) is 20.9. The van der Waals surface area contributed by atoms with Gasteiger partial charge in [-0.1, -0.05) is 35.9 Å². The van der Waals surface area contributed by atoms with E-state index >= 15 is 0 Å². The van der Waals surface area contributed by atoms with Crippen molar-refractivity contribution >= 4 is 29.1 Å². The van der Waals surface area contributed by atoms with E-state index in [0.717, 1.165) is 43.6 Å². The highest BCUT2D eigenvalue weighted by Crippen LogP contribution is 2.33. The van der Waals surface area contributed by atoms with Gasteiger partial charge in [-0.05, 0) is 49.1 Å². The normalized spacial score (nSPS) is 18.4. The molecule has 1 saturated heterocycles. The van der Waals surface area contributed by atoms with Gasteiger partial charge < -0.3 is 19.9 Å². The van der Waals surface area contributed by atoms with E-state index in [4.69, 9.17) is 16.3 Å². The third-order valence-corrected chi connectivity index (χ3v) is 5.75. The van der Waals surface area contributed by atoms with E-state index in [1.807, 2.05) is 52.3 Å². The average molecular weight is 428 g/mol. The maximum absolute atomic E-state index is 13.0. The van der Waals surface area contributed by atoms with Crippen LogP contribution in [-0.4, -0.2) is 49.0 Å². The number of carbonyl (C=O) groups is 2. The monoisotopic (exact) mass is 427 g/mol. The minimum atomic E-state index is -0.598. The van der Waals surface area contributed by atoms with E-state index in [1.165, 1.54) is 0 Å².